The van der Waals surface area contributed by atoms with Crippen LogP contribution in [0.1, 0.15) is 44.1 Å². The van der Waals surface area contributed by atoms with Crippen LogP contribution in [0.4, 0.5) is 0 Å². The van der Waals surface area contributed by atoms with Gasteiger partial charge in [0.05, 0.1) is 7.11 Å². The van der Waals surface area contributed by atoms with Crippen molar-refractivity contribution >= 4 is 5.91 Å². The van der Waals surface area contributed by atoms with Gasteiger partial charge >= 0.3 is 0 Å². The number of methoxy groups -OCH3 is 1. The molecular formula is C20H30N2O2. The van der Waals surface area contributed by atoms with Crippen LogP contribution in [0.3, 0.4) is 0 Å². The van der Waals surface area contributed by atoms with Crippen molar-refractivity contribution in [2.75, 3.05) is 33.3 Å². The molecule has 0 spiro atoms. The first-order chi connectivity index (χ1) is 11.8. The SMILES string of the molecule is COc1ccc(CCCC(=O)N2CCC(N3CCCC3)CC2)cc1. The van der Waals surface area contributed by atoms with Crippen molar-refractivity contribution in [3.05, 3.63) is 29.8 Å². The van der Waals surface area contributed by atoms with E-state index in [0.29, 0.717) is 12.3 Å². The zero-order valence-electron chi connectivity index (χ0n) is 14.9. The Hall–Kier alpha value is -1.55. The number of ether oxygens (including phenoxy) is 1. The average molecular weight is 330 g/mol. The van der Waals surface area contributed by atoms with Gasteiger partial charge < -0.3 is 14.5 Å². The van der Waals surface area contributed by atoms with Crippen LogP contribution in [-0.4, -0.2) is 55.0 Å². The Morgan fingerprint density at radius 3 is 2.38 bits per heavy atom. The number of hydrogen-bond donors (Lipinski definition) is 0. The third kappa shape index (κ3) is 4.50. The minimum absolute atomic E-state index is 0.336. The fourth-order valence-corrected chi connectivity index (χ4v) is 3.98. The fourth-order valence-electron chi connectivity index (χ4n) is 3.98. The lowest BCUT2D eigenvalue weighted by Crippen LogP contribution is -2.45. The van der Waals surface area contributed by atoms with Gasteiger partial charge in [-0.2, -0.15) is 0 Å². The zero-order chi connectivity index (χ0) is 16.8. The highest BCUT2D eigenvalue weighted by molar-refractivity contribution is 5.76. The Morgan fingerprint density at radius 1 is 1.08 bits per heavy atom. The van der Waals surface area contributed by atoms with E-state index in [9.17, 15) is 4.79 Å². The van der Waals surface area contributed by atoms with Crippen LogP contribution >= 0.6 is 0 Å². The van der Waals surface area contributed by atoms with Crippen LogP contribution in [0.15, 0.2) is 24.3 Å². The van der Waals surface area contributed by atoms with Crippen molar-refractivity contribution in [2.45, 2.75) is 51.0 Å². The summed E-state index contributed by atoms with van der Waals surface area (Å²) in [5.41, 5.74) is 1.27. The molecule has 2 heterocycles. The maximum Gasteiger partial charge on any atom is 0.222 e. The standard InChI is InChI=1S/C20H30N2O2/c1-24-19-9-7-17(8-10-19)5-4-6-20(23)22-15-11-18(12-16-22)21-13-2-3-14-21/h7-10,18H,2-6,11-16H2,1H3. The van der Waals surface area contributed by atoms with Crippen molar-refractivity contribution in [3.8, 4) is 5.75 Å². The van der Waals surface area contributed by atoms with Crippen LogP contribution in [0.2, 0.25) is 0 Å². The molecule has 2 saturated heterocycles. The van der Waals surface area contributed by atoms with E-state index in [1.54, 1.807) is 7.11 Å². The summed E-state index contributed by atoms with van der Waals surface area (Å²) in [6.45, 7) is 4.42. The second-order valence-electron chi connectivity index (χ2n) is 7.06. The number of aryl methyl sites for hydroxylation is 1. The Morgan fingerprint density at radius 2 is 1.75 bits per heavy atom. The topological polar surface area (TPSA) is 32.8 Å². The second kappa shape index (κ2) is 8.52. The quantitative estimate of drug-likeness (QED) is 0.803. The molecule has 2 fully saturated rings. The van der Waals surface area contributed by atoms with E-state index < -0.39 is 0 Å². The lowest BCUT2D eigenvalue weighted by molar-refractivity contribution is -0.132. The first-order valence-electron chi connectivity index (χ1n) is 9.41. The van der Waals surface area contributed by atoms with E-state index >= 15 is 0 Å². The number of nitrogens with zero attached hydrogens (tertiary/aromatic N) is 2. The third-order valence-corrected chi connectivity index (χ3v) is 5.49. The molecule has 2 aliphatic rings. The summed E-state index contributed by atoms with van der Waals surface area (Å²) in [6, 6.07) is 8.87. The maximum atomic E-state index is 12.4. The number of amides is 1. The van der Waals surface area contributed by atoms with Gasteiger partial charge in [-0.3, -0.25) is 4.79 Å². The molecule has 1 aromatic rings. The molecule has 0 N–H and O–H groups in total. The van der Waals surface area contributed by atoms with Gasteiger partial charge in [-0.15, -0.1) is 0 Å². The van der Waals surface area contributed by atoms with Gasteiger partial charge in [-0.1, -0.05) is 12.1 Å². The summed E-state index contributed by atoms with van der Waals surface area (Å²) < 4.78 is 5.17. The van der Waals surface area contributed by atoms with Crippen LogP contribution in [0, 0.1) is 0 Å². The molecule has 0 aliphatic carbocycles. The Bertz CT molecular complexity index is 515. The van der Waals surface area contributed by atoms with Gasteiger partial charge in [0.1, 0.15) is 5.75 Å². The molecule has 24 heavy (non-hydrogen) atoms. The maximum absolute atomic E-state index is 12.4. The molecule has 4 nitrogen and oxygen atoms in total. The van der Waals surface area contributed by atoms with Gasteiger partial charge in [0.2, 0.25) is 5.91 Å². The van der Waals surface area contributed by atoms with Crippen molar-refractivity contribution < 1.29 is 9.53 Å². The van der Waals surface area contributed by atoms with Crippen LogP contribution in [-0.2, 0) is 11.2 Å². The summed E-state index contributed by atoms with van der Waals surface area (Å²) in [6.07, 6.45) is 7.57. The number of piperidine rings is 1. The highest BCUT2D eigenvalue weighted by Gasteiger charge is 2.27. The van der Waals surface area contributed by atoms with Crippen molar-refractivity contribution in [1.82, 2.24) is 9.80 Å². The zero-order valence-corrected chi connectivity index (χ0v) is 14.9. The highest BCUT2D eigenvalue weighted by Crippen LogP contribution is 2.22. The van der Waals surface area contributed by atoms with Crippen LogP contribution < -0.4 is 4.74 Å². The highest BCUT2D eigenvalue weighted by atomic mass is 16.5. The number of hydrogen-bond acceptors (Lipinski definition) is 3. The number of benzene rings is 1. The van der Waals surface area contributed by atoms with E-state index in [-0.39, 0.29) is 0 Å². The number of carbonyl (C=O) groups excluding carboxylic acids is 1. The van der Waals surface area contributed by atoms with Crippen molar-refractivity contribution in [1.29, 1.82) is 0 Å². The van der Waals surface area contributed by atoms with Crippen molar-refractivity contribution in [2.24, 2.45) is 0 Å². The molecular weight excluding hydrogens is 300 g/mol. The molecule has 0 aromatic heterocycles. The number of carbonyl (C=O) groups is 1. The van der Waals surface area contributed by atoms with Crippen molar-refractivity contribution in [3.63, 3.8) is 0 Å². The molecule has 2 aliphatic heterocycles. The molecule has 1 aromatic carbocycles. The Labute approximate surface area is 145 Å². The summed E-state index contributed by atoms with van der Waals surface area (Å²) in [5.74, 6) is 1.22. The van der Waals surface area contributed by atoms with E-state index in [2.05, 4.69) is 21.9 Å². The molecule has 0 unspecified atom stereocenters. The third-order valence-electron chi connectivity index (χ3n) is 5.49. The second-order valence-corrected chi connectivity index (χ2v) is 7.06. The monoisotopic (exact) mass is 330 g/mol. The molecule has 0 radical (unpaired) electrons. The van der Waals surface area contributed by atoms with Crippen LogP contribution in [0.25, 0.3) is 0 Å². The smallest absolute Gasteiger partial charge is 0.222 e. The molecule has 3 rings (SSSR count). The van der Waals surface area contributed by atoms with E-state index in [0.717, 1.165) is 50.6 Å². The number of rotatable bonds is 6. The predicted molar refractivity (Wildman–Crippen MR) is 96.3 cm³/mol. The molecule has 132 valence electrons. The molecule has 0 atom stereocenters. The predicted octanol–water partition coefficient (Wildman–Crippen LogP) is 3.10. The van der Waals surface area contributed by atoms with Gasteiger partial charge in [0, 0.05) is 25.6 Å². The first kappa shape index (κ1) is 17.3. The number of likely N-dealkylation sites (tertiary alicyclic amines) is 2. The lowest BCUT2D eigenvalue weighted by atomic mass is 10.0. The van der Waals surface area contributed by atoms with E-state index in [1.165, 1.54) is 31.5 Å². The minimum Gasteiger partial charge on any atom is -0.497 e. The summed E-state index contributed by atoms with van der Waals surface area (Å²) in [4.78, 5) is 17.1. The minimum atomic E-state index is 0.336. The fraction of sp³-hybridized carbons (Fsp3) is 0.650. The summed E-state index contributed by atoms with van der Waals surface area (Å²) in [7, 11) is 1.68. The van der Waals surface area contributed by atoms with Gasteiger partial charge in [0.15, 0.2) is 0 Å². The Kier molecular flexibility index (Phi) is 6.13. The van der Waals surface area contributed by atoms with E-state index in [4.69, 9.17) is 4.74 Å². The van der Waals surface area contributed by atoms with Crippen LogP contribution in [0.5, 0.6) is 5.75 Å². The summed E-state index contributed by atoms with van der Waals surface area (Å²) >= 11 is 0. The average Bonchev–Trinajstić information content (AvgIpc) is 3.17. The molecule has 0 saturated carbocycles. The Balaban J connectivity index is 1.36. The van der Waals surface area contributed by atoms with Gasteiger partial charge in [-0.25, -0.2) is 0 Å². The molecule has 0 bridgehead atoms. The molecule has 1 amide bonds. The summed E-state index contributed by atoms with van der Waals surface area (Å²) in [5, 5.41) is 0. The largest absolute Gasteiger partial charge is 0.497 e. The van der Waals surface area contributed by atoms with Gasteiger partial charge in [-0.05, 0) is 69.3 Å². The van der Waals surface area contributed by atoms with E-state index in [1.807, 2.05) is 12.1 Å². The molecule has 4 heteroatoms. The first-order valence-corrected chi connectivity index (χ1v) is 9.41. The normalized spacial score (nSPS) is 19.6. The lowest BCUT2D eigenvalue weighted by Gasteiger charge is -2.36. The van der Waals surface area contributed by atoms with Gasteiger partial charge in [0.25, 0.3) is 0 Å².